The number of thiophene rings is 1. The van der Waals surface area contributed by atoms with Crippen LogP contribution < -0.4 is 10.5 Å². The molecular formula is C13H13N3O2S2. The molecule has 0 bridgehead atoms. The van der Waals surface area contributed by atoms with Gasteiger partial charge in [0.2, 0.25) is 0 Å². The Bertz CT molecular complexity index is 778. The number of nitrogens with zero attached hydrogens (tertiary/aromatic N) is 1. The lowest BCUT2D eigenvalue weighted by Crippen LogP contribution is -2.13. The van der Waals surface area contributed by atoms with Gasteiger partial charge in [-0.3, -0.25) is 4.72 Å². The van der Waals surface area contributed by atoms with Crippen LogP contribution in [-0.4, -0.2) is 8.42 Å². The van der Waals surface area contributed by atoms with Crippen molar-refractivity contribution in [1.82, 2.24) is 0 Å². The fourth-order valence-electron chi connectivity index (χ4n) is 1.87. The van der Waals surface area contributed by atoms with Crippen molar-refractivity contribution in [2.45, 2.75) is 18.1 Å². The number of aryl methyl sites for hydroxylation is 2. The van der Waals surface area contributed by atoms with Gasteiger partial charge in [-0.15, -0.1) is 11.3 Å². The molecule has 0 unspecified atom stereocenters. The minimum absolute atomic E-state index is 0.115. The van der Waals surface area contributed by atoms with Crippen molar-refractivity contribution in [2.75, 3.05) is 10.5 Å². The van der Waals surface area contributed by atoms with Gasteiger partial charge in [0.05, 0.1) is 5.69 Å². The molecule has 0 spiro atoms. The van der Waals surface area contributed by atoms with Gasteiger partial charge >= 0.3 is 0 Å². The van der Waals surface area contributed by atoms with Crippen molar-refractivity contribution < 1.29 is 8.42 Å². The zero-order valence-electron chi connectivity index (χ0n) is 11.0. The van der Waals surface area contributed by atoms with Crippen LogP contribution in [-0.2, 0) is 10.0 Å². The molecule has 1 aromatic heterocycles. The highest BCUT2D eigenvalue weighted by atomic mass is 32.2. The van der Waals surface area contributed by atoms with Gasteiger partial charge < -0.3 is 5.73 Å². The van der Waals surface area contributed by atoms with E-state index in [1.165, 1.54) is 12.1 Å². The van der Waals surface area contributed by atoms with E-state index in [9.17, 15) is 8.42 Å². The lowest BCUT2D eigenvalue weighted by molar-refractivity contribution is 0.603. The van der Waals surface area contributed by atoms with Gasteiger partial charge in [-0.25, -0.2) is 8.42 Å². The summed E-state index contributed by atoms with van der Waals surface area (Å²) in [4.78, 5) is 0.358. The smallest absolute Gasteiger partial charge is 0.271 e. The third-order valence-electron chi connectivity index (χ3n) is 2.75. The molecule has 0 saturated carbocycles. The molecule has 0 amide bonds. The minimum Gasteiger partial charge on any atom is -0.399 e. The molecule has 1 heterocycles. The molecule has 7 heteroatoms. The number of anilines is 2. The van der Waals surface area contributed by atoms with Gasteiger partial charge in [0, 0.05) is 5.69 Å². The number of hydrogen-bond donors (Lipinski definition) is 2. The summed E-state index contributed by atoms with van der Waals surface area (Å²) in [7, 11) is -3.68. The number of nitrogens with two attached hydrogens (primary N) is 1. The van der Waals surface area contributed by atoms with Crippen molar-refractivity contribution in [3.8, 4) is 6.07 Å². The summed E-state index contributed by atoms with van der Waals surface area (Å²) in [5, 5.41) is 8.76. The molecule has 0 aliphatic carbocycles. The zero-order chi connectivity index (χ0) is 14.9. The van der Waals surface area contributed by atoms with Gasteiger partial charge in [0.15, 0.2) is 0 Å². The minimum atomic E-state index is -3.68. The van der Waals surface area contributed by atoms with Gasteiger partial charge in [0.1, 0.15) is 15.2 Å². The maximum Gasteiger partial charge on any atom is 0.271 e. The summed E-state index contributed by atoms with van der Waals surface area (Å²) in [6.07, 6.45) is 0. The first-order chi connectivity index (χ1) is 9.33. The maximum absolute atomic E-state index is 12.3. The number of rotatable bonds is 3. The first-order valence-corrected chi connectivity index (χ1v) is 8.03. The lowest BCUT2D eigenvalue weighted by Gasteiger charge is -2.13. The number of hydrogen-bond acceptors (Lipinski definition) is 5. The fourth-order valence-corrected chi connectivity index (χ4v) is 4.17. The van der Waals surface area contributed by atoms with Gasteiger partial charge in [-0.1, -0.05) is 0 Å². The van der Waals surface area contributed by atoms with E-state index in [0.717, 1.165) is 22.5 Å². The molecule has 0 radical (unpaired) electrons. The van der Waals surface area contributed by atoms with Crippen LogP contribution in [0.3, 0.4) is 0 Å². The summed E-state index contributed by atoms with van der Waals surface area (Å²) < 4.78 is 27.2. The van der Waals surface area contributed by atoms with E-state index in [-0.39, 0.29) is 4.21 Å². The van der Waals surface area contributed by atoms with Crippen LogP contribution >= 0.6 is 11.3 Å². The normalized spacial score (nSPS) is 11.1. The first-order valence-electron chi connectivity index (χ1n) is 5.73. The van der Waals surface area contributed by atoms with Crippen LogP contribution in [0.1, 0.15) is 16.0 Å². The Morgan fingerprint density at radius 3 is 2.35 bits per heavy atom. The summed E-state index contributed by atoms with van der Waals surface area (Å²) in [6, 6.07) is 8.25. The molecule has 0 aliphatic heterocycles. The van der Waals surface area contributed by atoms with E-state index in [0.29, 0.717) is 16.3 Å². The fraction of sp³-hybridized carbons (Fsp3) is 0.154. The molecule has 104 valence electrons. The molecule has 0 atom stereocenters. The van der Waals surface area contributed by atoms with Crippen LogP contribution in [0.5, 0.6) is 0 Å². The summed E-state index contributed by atoms with van der Waals surface area (Å²) in [5.41, 5.74) is 8.33. The molecule has 2 aromatic rings. The van der Waals surface area contributed by atoms with Crippen molar-refractivity contribution >= 4 is 32.7 Å². The van der Waals surface area contributed by atoms with E-state index >= 15 is 0 Å². The molecule has 20 heavy (non-hydrogen) atoms. The maximum atomic E-state index is 12.3. The van der Waals surface area contributed by atoms with Crippen molar-refractivity contribution in [1.29, 1.82) is 5.26 Å². The van der Waals surface area contributed by atoms with Crippen molar-refractivity contribution in [3.63, 3.8) is 0 Å². The Kier molecular flexibility index (Phi) is 3.70. The topological polar surface area (TPSA) is 96.0 Å². The zero-order valence-corrected chi connectivity index (χ0v) is 12.6. The second kappa shape index (κ2) is 5.15. The Morgan fingerprint density at radius 1 is 1.25 bits per heavy atom. The monoisotopic (exact) mass is 307 g/mol. The van der Waals surface area contributed by atoms with Crippen LogP contribution in [0.2, 0.25) is 0 Å². The second-order valence-corrected chi connectivity index (χ2v) is 7.36. The van der Waals surface area contributed by atoms with E-state index in [2.05, 4.69) is 4.72 Å². The number of sulfonamides is 1. The first kappa shape index (κ1) is 14.4. The molecular weight excluding hydrogens is 294 g/mol. The van der Waals surface area contributed by atoms with Crippen LogP contribution in [0.25, 0.3) is 0 Å². The number of nitrogens with one attached hydrogen (secondary N) is 1. The molecule has 5 nitrogen and oxygen atoms in total. The Morgan fingerprint density at radius 2 is 1.85 bits per heavy atom. The largest absolute Gasteiger partial charge is 0.399 e. The summed E-state index contributed by atoms with van der Waals surface area (Å²) in [6.45, 7) is 3.58. The third-order valence-corrected chi connectivity index (χ3v) is 5.58. The quantitative estimate of drug-likeness (QED) is 0.852. The molecule has 2 rings (SSSR count). The Balaban J connectivity index is 2.41. The van der Waals surface area contributed by atoms with E-state index in [4.69, 9.17) is 11.0 Å². The predicted molar refractivity (Wildman–Crippen MR) is 80.2 cm³/mol. The number of nitrogen functional groups attached to an aromatic ring is 1. The molecule has 3 N–H and O–H groups in total. The number of benzene rings is 1. The molecule has 0 saturated heterocycles. The Labute approximate surface area is 121 Å². The molecule has 0 aliphatic rings. The molecule has 1 aromatic carbocycles. The summed E-state index contributed by atoms with van der Waals surface area (Å²) >= 11 is 0.938. The highest BCUT2D eigenvalue weighted by Gasteiger charge is 2.19. The lowest BCUT2D eigenvalue weighted by atomic mass is 10.1. The molecule has 0 fully saturated rings. The Hall–Kier alpha value is -2.04. The van der Waals surface area contributed by atoms with Crippen LogP contribution in [0.15, 0.2) is 28.5 Å². The standard InChI is InChI=1S/C13H13N3O2S2/c1-8-5-10(15)6-9(2)13(8)16-20(17,18)12-4-3-11(7-14)19-12/h3-6,16H,15H2,1-2H3. The number of nitriles is 1. The van der Waals surface area contributed by atoms with Crippen molar-refractivity contribution in [2.24, 2.45) is 0 Å². The van der Waals surface area contributed by atoms with Crippen molar-refractivity contribution in [3.05, 3.63) is 40.3 Å². The van der Waals surface area contributed by atoms with Crippen LogP contribution in [0.4, 0.5) is 11.4 Å². The van der Waals surface area contributed by atoms with E-state index in [1.807, 2.05) is 6.07 Å². The van der Waals surface area contributed by atoms with Gasteiger partial charge in [0.25, 0.3) is 10.0 Å². The third kappa shape index (κ3) is 2.76. The SMILES string of the molecule is Cc1cc(N)cc(C)c1NS(=O)(=O)c1ccc(C#N)s1. The van der Waals surface area contributed by atoms with Crippen LogP contribution in [0, 0.1) is 25.2 Å². The van der Waals surface area contributed by atoms with E-state index in [1.54, 1.807) is 26.0 Å². The highest BCUT2D eigenvalue weighted by Crippen LogP contribution is 2.28. The summed E-state index contributed by atoms with van der Waals surface area (Å²) in [5.74, 6) is 0. The highest BCUT2D eigenvalue weighted by molar-refractivity contribution is 7.94. The predicted octanol–water partition coefficient (Wildman–Crippen LogP) is 2.62. The van der Waals surface area contributed by atoms with Gasteiger partial charge in [-0.05, 0) is 49.2 Å². The second-order valence-electron chi connectivity index (χ2n) is 4.37. The van der Waals surface area contributed by atoms with Gasteiger partial charge in [-0.2, -0.15) is 5.26 Å². The average Bonchev–Trinajstić information content (AvgIpc) is 2.83. The van der Waals surface area contributed by atoms with E-state index < -0.39 is 10.0 Å². The average molecular weight is 307 g/mol.